The summed E-state index contributed by atoms with van der Waals surface area (Å²) in [6.45, 7) is 16.9. The van der Waals surface area contributed by atoms with Crippen LogP contribution in [0.15, 0.2) is 0 Å². The highest BCUT2D eigenvalue weighted by molar-refractivity contribution is 4.91. The largest absolute Gasteiger partial charge is 0.314 e. The Morgan fingerprint density at radius 3 is 2.55 bits per heavy atom. The summed E-state index contributed by atoms with van der Waals surface area (Å²) in [6, 6.07) is 1.45. The van der Waals surface area contributed by atoms with Gasteiger partial charge < -0.3 is 5.32 Å². The molecule has 1 unspecified atom stereocenters. The Morgan fingerprint density at radius 2 is 1.90 bits per heavy atom. The van der Waals surface area contributed by atoms with Gasteiger partial charge in [-0.2, -0.15) is 0 Å². The van der Waals surface area contributed by atoms with Crippen LogP contribution in [0.2, 0.25) is 0 Å². The van der Waals surface area contributed by atoms with Crippen molar-refractivity contribution in [1.29, 1.82) is 0 Å². The van der Waals surface area contributed by atoms with Gasteiger partial charge >= 0.3 is 0 Å². The van der Waals surface area contributed by atoms with Crippen molar-refractivity contribution in [2.24, 2.45) is 5.41 Å². The fourth-order valence-electron chi connectivity index (χ4n) is 3.87. The first-order valence-corrected chi connectivity index (χ1v) is 8.78. The lowest BCUT2D eigenvalue weighted by Gasteiger charge is -2.43. The van der Waals surface area contributed by atoms with E-state index in [4.69, 9.17) is 0 Å². The maximum absolute atomic E-state index is 3.69. The van der Waals surface area contributed by atoms with Crippen LogP contribution in [0.25, 0.3) is 0 Å². The van der Waals surface area contributed by atoms with E-state index in [0.29, 0.717) is 11.5 Å². The number of fused-ring (bicyclic) bond motifs is 1. The van der Waals surface area contributed by atoms with Crippen LogP contribution in [-0.4, -0.2) is 61.2 Å². The van der Waals surface area contributed by atoms with Crippen molar-refractivity contribution < 1.29 is 0 Å². The molecule has 2 aliphatic rings. The Balaban J connectivity index is 1.90. The standard InChI is InChI=1S/C17H35N3/c1-5-17(6-2,13-18-15(3)4)14-19-10-11-20-9-7-8-16(20)12-19/h15-16,18H,5-14H2,1-4H3. The fourth-order valence-corrected chi connectivity index (χ4v) is 3.87. The zero-order chi connectivity index (χ0) is 14.6. The van der Waals surface area contributed by atoms with Crippen molar-refractivity contribution in [2.75, 3.05) is 39.3 Å². The highest BCUT2D eigenvalue weighted by Crippen LogP contribution is 2.29. The Hall–Kier alpha value is -0.120. The SMILES string of the molecule is CCC(CC)(CNC(C)C)CN1CCN2CCCC2C1. The minimum absolute atomic E-state index is 0.463. The molecule has 0 bridgehead atoms. The maximum Gasteiger partial charge on any atom is 0.0224 e. The average Bonchev–Trinajstić information content (AvgIpc) is 2.91. The highest BCUT2D eigenvalue weighted by Gasteiger charge is 2.34. The highest BCUT2D eigenvalue weighted by atomic mass is 15.3. The molecule has 2 saturated heterocycles. The zero-order valence-electron chi connectivity index (χ0n) is 14.1. The van der Waals surface area contributed by atoms with E-state index in [0.717, 1.165) is 6.04 Å². The molecule has 1 atom stereocenters. The normalized spacial score (nSPS) is 25.4. The number of hydrogen-bond acceptors (Lipinski definition) is 3. The van der Waals surface area contributed by atoms with E-state index in [1.54, 1.807) is 0 Å². The predicted octanol–water partition coefficient (Wildman–Crippen LogP) is 2.57. The number of rotatable bonds is 7. The molecule has 0 spiro atoms. The lowest BCUT2D eigenvalue weighted by Crippen LogP contribution is -2.54. The molecule has 20 heavy (non-hydrogen) atoms. The van der Waals surface area contributed by atoms with Crippen LogP contribution in [-0.2, 0) is 0 Å². The van der Waals surface area contributed by atoms with Gasteiger partial charge in [-0.3, -0.25) is 9.80 Å². The molecule has 3 nitrogen and oxygen atoms in total. The van der Waals surface area contributed by atoms with Gasteiger partial charge in [0.05, 0.1) is 0 Å². The van der Waals surface area contributed by atoms with Gasteiger partial charge in [-0.15, -0.1) is 0 Å². The molecule has 2 rings (SSSR count). The van der Waals surface area contributed by atoms with E-state index in [1.807, 2.05) is 0 Å². The quantitative estimate of drug-likeness (QED) is 0.774. The molecule has 3 heteroatoms. The third-order valence-electron chi connectivity index (χ3n) is 5.62. The van der Waals surface area contributed by atoms with Gasteiger partial charge in [0, 0.05) is 44.8 Å². The molecule has 2 fully saturated rings. The van der Waals surface area contributed by atoms with Crippen molar-refractivity contribution in [1.82, 2.24) is 15.1 Å². The average molecular weight is 281 g/mol. The summed E-state index contributed by atoms with van der Waals surface area (Å²) in [6.07, 6.45) is 5.41. The van der Waals surface area contributed by atoms with Crippen molar-refractivity contribution in [3.8, 4) is 0 Å². The van der Waals surface area contributed by atoms with Crippen LogP contribution in [0.1, 0.15) is 53.4 Å². The molecule has 118 valence electrons. The molecule has 0 radical (unpaired) electrons. The lowest BCUT2D eigenvalue weighted by atomic mass is 9.81. The maximum atomic E-state index is 3.69. The zero-order valence-corrected chi connectivity index (χ0v) is 14.1. The summed E-state index contributed by atoms with van der Waals surface area (Å²) >= 11 is 0. The van der Waals surface area contributed by atoms with Gasteiger partial charge in [0.15, 0.2) is 0 Å². The number of piperazine rings is 1. The lowest BCUT2D eigenvalue weighted by molar-refractivity contribution is 0.0588. The van der Waals surface area contributed by atoms with Crippen molar-refractivity contribution in [3.05, 3.63) is 0 Å². The van der Waals surface area contributed by atoms with E-state index in [9.17, 15) is 0 Å². The Morgan fingerprint density at radius 1 is 1.15 bits per heavy atom. The van der Waals surface area contributed by atoms with Gasteiger partial charge in [-0.1, -0.05) is 27.7 Å². The third-order valence-corrected chi connectivity index (χ3v) is 5.62. The summed E-state index contributed by atoms with van der Waals surface area (Å²) in [5, 5.41) is 3.69. The first-order chi connectivity index (χ1) is 9.58. The Bertz CT molecular complexity index is 286. The minimum Gasteiger partial charge on any atom is -0.314 e. The molecule has 0 aromatic carbocycles. The summed E-state index contributed by atoms with van der Waals surface area (Å²) in [5.41, 5.74) is 0.463. The topological polar surface area (TPSA) is 18.5 Å². The monoisotopic (exact) mass is 281 g/mol. The number of nitrogens with one attached hydrogen (secondary N) is 1. The van der Waals surface area contributed by atoms with Crippen LogP contribution in [0, 0.1) is 5.41 Å². The van der Waals surface area contributed by atoms with E-state index < -0.39 is 0 Å². The third kappa shape index (κ3) is 3.96. The van der Waals surface area contributed by atoms with Crippen LogP contribution in [0.4, 0.5) is 0 Å². The number of nitrogens with zero attached hydrogens (tertiary/aromatic N) is 2. The van der Waals surface area contributed by atoms with Gasteiger partial charge in [-0.05, 0) is 37.6 Å². The van der Waals surface area contributed by atoms with E-state index in [1.165, 1.54) is 65.0 Å². The molecular weight excluding hydrogens is 246 g/mol. The molecule has 2 aliphatic heterocycles. The molecule has 0 amide bonds. The minimum atomic E-state index is 0.463. The molecule has 0 aliphatic carbocycles. The van der Waals surface area contributed by atoms with Gasteiger partial charge in [0.1, 0.15) is 0 Å². The van der Waals surface area contributed by atoms with E-state index in [2.05, 4.69) is 42.8 Å². The molecule has 2 heterocycles. The molecule has 0 aromatic rings. The fraction of sp³-hybridized carbons (Fsp3) is 1.00. The van der Waals surface area contributed by atoms with Crippen molar-refractivity contribution in [2.45, 2.75) is 65.5 Å². The van der Waals surface area contributed by atoms with Gasteiger partial charge in [-0.25, -0.2) is 0 Å². The Labute approximate surface area is 126 Å². The molecule has 1 N–H and O–H groups in total. The molecule has 0 aromatic heterocycles. The summed E-state index contributed by atoms with van der Waals surface area (Å²) in [7, 11) is 0. The smallest absolute Gasteiger partial charge is 0.0224 e. The van der Waals surface area contributed by atoms with Gasteiger partial charge in [0.2, 0.25) is 0 Å². The molecular formula is C17H35N3. The summed E-state index contributed by atoms with van der Waals surface area (Å²) in [4.78, 5) is 5.46. The second-order valence-corrected chi connectivity index (χ2v) is 7.31. The second-order valence-electron chi connectivity index (χ2n) is 7.31. The van der Waals surface area contributed by atoms with Gasteiger partial charge in [0.25, 0.3) is 0 Å². The van der Waals surface area contributed by atoms with Crippen LogP contribution >= 0.6 is 0 Å². The first kappa shape index (κ1) is 16.3. The van der Waals surface area contributed by atoms with Crippen LogP contribution < -0.4 is 5.32 Å². The number of hydrogen-bond donors (Lipinski definition) is 1. The Kier molecular flexibility index (Phi) is 5.88. The second kappa shape index (κ2) is 7.24. The van der Waals surface area contributed by atoms with E-state index >= 15 is 0 Å². The summed E-state index contributed by atoms with van der Waals surface area (Å²) in [5.74, 6) is 0. The van der Waals surface area contributed by atoms with Crippen LogP contribution in [0.5, 0.6) is 0 Å². The molecule has 0 saturated carbocycles. The first-order valence-electron chi connectivity index (χ1n) is 8.78. The predicted molar refractivity (Wildman–Crippen MR) is 87.2 cm³/mol. The van der Waals surface area contributed by atoms with E-state index in [-0.39, 0.29) is 0 Å². The van der Waals surface area contributed by atoms with Crippen LogP contribution in [0.3, 0.4) is 0 Å². The summed E-state index contributed by atoms with van der Waals surface area (Å²) < 4.78 is 0. The van der Waals surface area contributed by atoms with Crippen molar-refractivity contribution >= 4 is 0 Å². The van der Waals surface area contributed by atoms with Crippen molar-refractivity contribution in [3.63, 3.8) is 0 Å².